The third-order valence-corrected chi connectivity index (χ3v) is 4.29. The molecule has 1 N–H and O–H groups in total. The van der Waals surface area contributed by atoms with Gasteiger partial charge < -0.3 is 9.84 Å². The summed E-state index contributed by atoms with van der Waals surface area (Å²) in [6.45, 7) is 19.7. The molecule has 0 rings (SSSR count). The first-order chi connectivity index (χ1) is 8.04. The Morgan fingerprint density at radius 2 is 1.16 bits per heavy atom. The molecule has 3 heteroatoms. The van der Waals surface area contributed by atoms with Crippen molar-refractivity contribution in [2.45, 2.75) is 80.9 Å². The molecule has 0 saturated carbocycles. The summed E-state index contributed by atoms with van der Waals surface area (Å²) in [5, 5.41) is 10.6. The SMILES string of the molecule is CC(C)(C)OC(=O)[C@@H](O)C(C)(C(C)(C)C)C(C)(C)C. The number of aliphatic hydroxyl groups is 1. The molecule has 0 radical (unpaired) electrons. The summed E-state index contributed by atoms with van der Waals surface area (Å²) in [7, 11) is 0. The van der Waals surface area contributed by atoms with E-state index in [9.17, 15) is 9.90 Å². The Hall–Kier alpha value is -0.570. The van der Waals surface area contributed by atoms with Crippen LogP contribution in [0.4, 0.5) is 0 Å². The molecule has 0 heterocycles. The van der Waals surface area contributed by atoms with Crippen LogP contribution in [0.2, 0.25) is 0 Å². The predicted octanol–water partition coefficient (Wildman–Crippen LogP) is 3.79. The van der Waals surface area contributed by atoms with Crippen molar-refractivity contribution in [2.75, 3.05) is 0 Å². The Balaban J connectivity index is 5.51. The molecule has 0 aliphatic rings. The molecular formula is C16H32O3. The average Bonchev–Trinajstić information content (AvgIpc) is 2.08. The molecule has 0 aliphatic heterocycles. The third-order valence-electron chi connectivity index (χ3n) is 4.29. The van der Waals surface area contributed by atoms with Crippen LogP contribution in [0.5, 0.6) is 0 Å². The number of carbonyl (C=O) groups is 1. The summed E-state index contributed by atoms with van der Waals surface area (Å²) >= 11 is 0. The van der Waals surface area contributed by atoms with Crippen molar-refractivity contribution in [3.05, 3.63) is 0 Å². The molecule has 0 aromatic carbocycles. The molecule has 0 unspecified atom stereocenters. The van der Waals surface area contributed by atoms with Crippen LogP contribution in [0, 0.1) is 16.2 Å². The van der Waals surface area contributed by atoms with Crippen molar-refractivity contribution in [1.82, 2.24) is 0 Å². The van der Waals surface area contributed by atoms with Crippen LogP contribution >= 0.6 is 0 Å². The van der Waals surface area contributed by atoms with E-state index in [0.29, 0.717) is 0 Å². The second-order valence-corrected chi connectivity index (χ2v) is 8.64. The minimum Gasteiger partial charge on any atom is -0.458 e. The molecule has 0 aromatic rings. The van der Waals surface area contributed by atoms with E-state index in [0.717, 1.165) is 0 Å². The second-order valence-electron chi connectivity index (χ2n) is 8.64. The summed E-state index contributed by atoms with van der Waals surface area (Å²) in [6, 6.07) is 0. The summed E-state index contributed by atoms with van der Waals surface area (Å²) in [6.07, 6.45) is -1.15. The van der Waals surface area contributed by atoms with Gasteiger partial charge in [0, 0.05) is 5.41 Å². The first kappa shape index (κ1) is 18.4. The maximum Gasteiger partial charge on any atom is 0.336 e. The zero-order chi connectivity index (χ0) is 15.9. The lowest BCUT2D eigenvalue weighted by molar-refractivity contribution is -0.189. The minimum atomic E-state index is -1.15. The van der Waals surface area contributed by atoms with Crippen LogP contribution in [0.25, 0.3) is 0 Å². The highest BCUT2D eigenvalue weighted by molar-refractivity contribution is 5.76. The topological polar surface area (TPSA) is 46.5 Å². The van der Waals surface area contributed by atoms with Gasteiger partial charge in [-0.1, -0.05) is 48.5 Å². The monoisotopic (exact) mass is 272 g/mol. The average molecular weight is 272 g/mol. The largest absolute Gasteiger partial charge is 0.458 e. The molecule has 0 amide bonds. The van der Waals surface area contributed by atoms with Crippen molar-refractivity contribution >= 4 is 5.97 Å². The molecule has 19 heavy (non-hydrogen) atoms. The number of rotatable bonds is 2. The number of esters is 1. The van der Waals surface area contributed by atoms with Gasteiger partial charge in [-0.05, 0) is 31.6 Å². The quantitative estimate of drug-likeness (QED) is 0.778. The van der Waals surface area contributed by atoms with Crippen LogP contribution in [-0.2, 0) is 9.53 Å². The molecule has 114 valence electrons. The van der Waals surface area contributed by atoms with Gasteiger partial charge in [0.2, 0.25) is 0 Å². The first-order valence-electron chi connectivity index (χ1n) is 6.95. The fourth-order valence-electron chi connectivity index (χ4n) is 2.54. The third kappa shape index (κ3) is 3.95. The van der Waals surface area contributed by atoms with Crippen molar-refractivity contribution in [2.24, 2.45) is 16.2 Å². The fourth-order valence-corrected chi connectivity index (χ4v) is 2.54. The zero-order valence-corrected chi connectivity index (χ0v) is 14.3. The van der Waals surface area contributed by atoms with Gasteiger partial charge in [-0.3, -0.25) is 0 Å². The highest BCUT2D eigenvalue weighted by Gasteiger charge is 2.54. The maximum absolute atomic E-state index is 12.2. The lowest BCUT2D eigenvalue weighted by Gasteiger charge is -2.53. The van der Waals surface area contributed by atoms with Gasteiger partial charge in [0.25, 0.3) is 0 Å². The van der Waals surface area contributed by atoms with E-state index in [-0.39, 0.29) is 10.8 Å². The van der Waals surface area contributed by atoms with Gasteiger partial charge in [0.15, 0.2) is 6.10 Å². The lowest BCUT2D eigenvalue weighted by Crippen LogP contribution is -2.56. The Bertz CT molecular complexity index is 309. The normalized spacial score (nSPS) is 16.2. The van der Waals surface area contributed by atoms with Crippen molar-refractivity contribution in [1.29, 1.82) is 0 Å². The predicted molar refractivity (Wildman–Crippen MR) is 78.9 cm³/mol. The van der Waals surface area contributed by atoms with E-state index < -0.39 is 23.1 Å². The van der Waals surface area contributed by atoms with E-state index in [4.69, 9.17) is 4.74 Å². The smallest absolute Gasteiger partial charge is 0.336 e. The standard InChI is InChI=1S/C16H32O3/c1-13(2,3)16(10,14(4,5)6)11(17)12(18)19-15(7,8)9/h11,17H,1-10H3/t11-/m1/s1. The summed E-state index contributed by atoms with van der Waals surface area (Å²) < 4.78 is 5.35. The Labute approximate surface area is 118 Å². The second kappa shape index (κ2) is 5.08. The van der Waals surface area contributed by atoms with Gasteiger partial charge >= 0.3 is 5.97 Å². The first-order valence-corrected chi connectivity index (χ1v) is 6.95. The fraction of sp³-hybridized carbons (Fsp3) is 0.938. The Morgan fingerprint density at radius 3 is 1.37 bits per heavy atom. The van der Waals surface area contributed by atoms with Gasteiger partial charge in [0.1, 0.15) is 5.60 Å². The summed E-state index contributed by atoms with van der Waals surface area (Å²) in [5.74, 6) is -0.542. The highest BCUT2D eigenvalue weighted by atomic mass is 16.6. The maximum atomic E-state index is 12.2. The van der Waals surface area contributed by atoms with Crippen molar-refractivity contribution in [3.63, 3.8) is 0 Å². The molecule has 0 bridgehead atoms. The van der Waals surface area contributed by atoms with E-state index in [1.165, 1.54) is 0 Å². The van der Waals surface area contributed by atoms with Crippen molar-refractivity contribution < 1.29 is 14.6 Å². The number of hydrogen-bond acceptors (Lipinski definition) is 3. The summed E-state index contributed by atoms with van der Waals surface area (Å²) in [4.78, 5) is 12.2. The molecular weight excluding hydrogens is 240 g/mol. The molecule has 0 aromatic heterocycles. The van der Waals surface area contributed by atoms with E-state index in [1.807, 2.05) is 69.2 Å². The van der Waals surface area contributed by atoms with Crippen LogP contribution in [-0.4, -0.2) is 22.8 Å². The number of aliphatic hydroxyl groups excluding tert-OH is 1. The van der Waals surface area contributed by atoms with Crippen LogP contribution in [0.3, 0.4) is 0 Å². The van der Waals surface area contributed by atoms with E-state index in [2.05, 4.69) is 0 Å². The lowest BCUT2D eigenvalue weighted by atomic mass is 9.52. The van der Waals surface area contributed by atoms with E-state index in [1.54, 1.807) is 0 Å². The number of ether oxygens (including phenoxy) is 1. The highest BCUT2D eigenvalue weighted by Crippen LogP contribution is 2.53. The Kier molecular flexibility index (Phi) is 4.93. The van der Waals surface area contributed by atoms with Gasteiger partial charge in [-0.2, -0.15) is 0 Å². The minimum absolute atomic E-state index is 0.235. The van der Waals surface area contributed by atoms with Gasteiger partial charge in [-0.15, -0.1) is 0 Å². The van der Waals surface area contributed by atoms with E-state index >= 15 is 0 Å². The van der Waals surface area contributed by atoms with Crippen molar-refractivity contribution in [3.8, 4) is 0 Å². The number of hydrogen-bond donors (Lipinski definition) is 1. The van der Waals surface area contributed by atoms with Crippen LogP contribution < -0.4 is 0 Å². The molecule has 0 spiro atoms. The summed E-state index contributed by atoms with van der Waals surface area (Å²) in [5.41, 5.74) is -1.65. The van der Waals surface area contributed by atoms with Gasteiger partial charge in [0.05, 0.1) is 0 Å². The Morgan fingerprint density at radius 1 is 0.842 bits per heavy atom. The molecule has 3 nitrogen and oxygen atoms in total. The van der Waals surface area contributed by atoms with Crippen LogP contribution in [0.15, 0.2) is 0 Å². The molecule has 0 aliphatic carbocycles. The zero-order valence-electron chi connectivity index (χ0n) is 14.3. The molecule has 1 atom stereocenters. The molecule has 0 saturated heterocycles. The van der Waals surface area contributed by atoms with Gasteiger partial charge in [-0.25, -0.2) is 4.79 Å². The number of carbonyl (C=O) groups excluding carboxylic acids is 1. The van der Waals surface area contributed by atoms with Crippen LogP contribution in [0.1, 0.15) is 69.2 Å². The molecule has 0 fully saturated rings.